The molecule has 0 unspecified atom stereocenters. The highest BCUT2D eigenvalue weighted by molar-refractivity contribution is 9.10. The number of furan rings is 1. The minimum absolute atomic E-state index is 0.301. The van der Waals surface area contributed by atoms with E-state index in [1.807, 2.05) is 6.07 Å². The van der Waals surface area contributed by atoms with E-state index in [0.29, 0.717) is 12.1 Å². The van der Waals surface area contributed by atoms with Crippen molar-refractivity contribution in [2.45, 2.75) is 13.0 Å². The molecule has 19 heavy (non-hydrogen) atoms. The fourth-order valence-corrected chi connectivity index (χ4v) is 2.12. The lowest BCUT2D eigenvalue weighted by atomic mass is 10.1. The number of carboxylic acid groups (broad SMARTS) is 1. The Hall–Kier alpha value is -1.59. The fraction of sp³-hybridized carbons (Fsp3) is 0.214. The summed E-state index contributed by atoms with van der Waals surface area (Å²) in [6.07, 6.45) is 4.26. The van der Waals surface area contributed by atoms with Gasteiger partial charge in [-0.2, -0.15) is 0 Å². The first kappa shape index (κ1) is 13.8. The Bertz CT molecular complexity index is 552. The summed E-state index contributed by atoms with van der Waals surface area (Å²) in [4.78, 5) is 10.9. The van der Waals surface area contributed by atoms with Crippen LogP contribution in [0.4, 0.5) is 0 Å². The maximum atomic E-state index is 10.9. The molecule has 0 radical (unpaired) electrons. The highest BCUT2D eigenvalue weighted by atomic mass is 79.9. The van der Waals surface area contributed by atoms with Crippen LogP contribution in [-0.2, 0) is 13.0 Å². The van der Waals surface area contributed by atoms with Crippen LogP contribution in [0.1, 0.15) is 21.5 Å². The molecule has 0 bridgehead atoms. The molecule has 0 atom stereocenters. The molecule has 0 aliphatic carbocycles. The van der Waals surface area contributed by atoms with Crippen molar-refractivity contribution in [1.29, 1.82) is 0 Å². The number of carbonyl (C=O) groups is 1. The molecular weight excluding hydrogens is 310 g/mol. The third-order valence-electron chi connectivity index (χ3n) is 2.78. The van der Waals surface area contributed by atoms with E-state index in [9.17, 15) is 4.79 Å². The second-order valence-electron chi connectivity index (χ2n) is 4.17. The van der Waals surface area contributed by atoms with Crippen LogP contribution in [0.2, 0.25) is 0 Å². The number of hydrogen-bond acceptors (Lipinski definition) is 3. The first-order valence-electron chi connectivity index (χ1n) is 5.90. The smallest absolute Gasteiger partial charge is 0.335 e. The summed E-state index contributed by atoms with van der Waals surface area (Å²) in [5, 5.41) is 12.2. The lowest BCUT2D eigenvalue weighted by Crippen LogP contribution is -2.17. The van der Waals surface area contributed by atoms with Gasteiger partial charge in [-0.3, -0.25) is 0 Å². The van der Waals surface area contributed by atoms with Gasteiger partial charge in [-0.25, -0.2) is 4.79 Å². The third-order valence-corrected chi connectivity index (χ3v) is 3.55. The van der Waals surface area contributed by atoms with Gasteiger partial charge in [-0.05, 0) is 48.4 Å². The number of nitrogens with one attached hydrogen (secondary N) is 1. The summed E-state index contributed by atoms with van der Waals surface area (Å²) >= 11 is 3.42. The number of rotatable bonds is 6. The second-order valence-corrected chi connectivity index (χ2v) is 5.02. The predicted octanol–water partition coefficient (Wildman–Crippen LogP) is 3.07. The van der Waals surface area contributed by atoms with Crippen molar-refractivity contribution in [1.82, 2.24) is 5.32 Å². The molecule has 5 heteroatoms. The summed E-state index contributed by atoms with van der Waals surface area (Å²) in [7, 11) is 0. The van der Waals surface area contributed by atoms with Crippen molar-refractivity contribution in [3.8, 4) is 0 Å². The molecule has 0 aliphatic rings. The van der Waals surface area contributed by atoms with Crippen molar-refractivity contribution in [2.24, 2.45) is 0 Å². The molecule has 0 aliphatic heterocycles. The normalized spacial score (nSPS) is 10.6. The number of benzene rings is 1. The van der Waals surface area contributed by atoms with Crippen LogP contribution in [-0.4, -0.2) is 17.6 Å². The van der Waals surface area contributed by atoms with E-state index in [2.05, 4.69) is 21.2 Å². The van der Waals surface area contributed by atoms with Gasteiger partial charge in [-0.1, -0.05) is 15.9 Å². The van der Waals surface area contributed by atoms with Gasteiger partial charge in [-0.15, -0.1) is 0 Å². The molecule has 2 N–H and O–H groups in total. The Labute approximate surface area is 119 Å². The molecule has 0 amide bonds. The molecule has 1 heterocycles. The molecule has 100 valence electrons. The van der Waals surface area contributed by atoms with E-state index in [-0.39, 0.29) is 0 Å². The Morgan fingerprint density at radius 2 is 2.21 bits per heavy atom. The summed E-state index contributed by atoms with van der Waals surface area (Å²) < 4.78 is 5.90. The summed E-state index contributed by atoms with van der Waals surface area (Å²) in [5.74, 6) is -0.910. The second kappa shape index (κ2) is 6.54. The highest BCUT2D eigenvalue weighted by Crippen LogP contribution is 2.18. The number of aromatic carboxylic acids is 1. The molecule has 1 aromatic carbocycles. The summed E-state index contributed by atoms with van der Waals surface area (Å²) in [5.41, 5.74) is 2.38. The average molecular weight is 324 g/mol. The predicted molar refractivity (Wildman–Crippen MR) is 75.2 cm³/mol. The summed E-state index contributed by atoms with van der Waals surface area (Å²) in [6.45, 7) is 1.43. The summed E-state index contributed by atoms with van der Waals surface area (Å²) in [6, 6.07) is 6.96. The number of halogens is 1. The van der Waals surface area contributed by atoms with Crippen LogP contribution < -0.4 is 5.32 Å². The minimum atomic E-state index is -0.910. The zero-order valence-corrected chi connectivity index (χ0v) is 11.8. The quantitative estimate of drug-likeness (QED) is 0.802. The Morgan fingerprint density at radius 3 is 2.89 bits per heavy atom. The standard InChI is InChI=1S/C14H14BrNO3/c15-13-2-1-11(14(17)18)7-12(13)8-16-5-3-10-4-6-19-9-10/h1-2,4,6-7,9,16H,3,5,8H2,(H,17,18). The van der Waals surface area contributed by atoms with E-state index < -0.39 is 5.97 Å². The lowest BCUT2D eigenvalue weighted by Gasteiger charge is -2.07. The molecule has 1 aromatic heterocycles. The van der Waals surface area contributed by atoms with Gasteiger partial charge < -0.3 is 14.8 Å². The van der Waals surface area contributed by atoms with Gasteiger partial charge in [0.1, 0.15) is 0 Å². The van der Waals surface area contributed by atoms with E-state index in [4.69, 9.17) is 9.52 Å². The third kappa shape index (κ3) is 3.94. The zero-order chi connectivity index (χ0) is 13.7. The van der Waals surface area contributed by atoms with E-state index in [1.54, 1.807) is 30.7 Å². The van der Waals surface area contributed by atoms with Crippen molar-refractivity contribution in [2.75, 3.05) is 6.54 Å². The highest BCUT2D eigenvalue weighted by Gasteiger charge is 2.06. The van der Waals surface area contributed by atoms with Crippen LogP contribution in [0.25, 0.3) is 0 Å². The number of carboxylic acids is 1. The van der Waals surface area contributed by atoms with Gasteiger partial charge in [0.25, 0.3) is 0 Å². The SMILES string of the molecule is O=C(O)c1ccc(Br)c(CNCCc2ccoc2)c1. The van der Waals surface area contributed by atoms with E-state index >= 15 is 0 Å². The molecule has 0 saturated carbocycles. The van der Waals surface area contributed by atoms with E-state index in [0.717, 1.165) is 28.6 Å². The Balaban J connectivity index is 1.88. The largest absolute Gasteiger partial charge is 0.478 e. The first-order chi connectivity index (χ1) is 9.16. The maximum Gasteiger partial charge on any atom is 0.335 e. The lowest BCUT2D eigenvalue weighted by molar-refractivity contribution is 0.0696. The van der Waals surface area contributed by atoms with Crippen LogP contribution in [0.5, 0.6) is 0 Å². The molecule has 0 spiro atoms. The molecule has 0 saturated heterocycles. The molecular formula is C14H14BrNO3. The van der Waals surface area contributed by atoms with Crippen LogP contribution in [0, 0.1) is 0 Å². The fourth-order valence-electron chi connectivity index (χ4n) is 1.73. The van der Waals surface area contributed by atoms with Crippen molar-refractivity contribution in [3.05, 3.63) is 58.0 Å². The van der Waals surface area contributed by atoms with Crippen LogP contribution in [0.15, 0.2) is 45.7 Å². The van der Waals surface area contributed by atoms with Crippen molar-refractivity contribution in [3.63, 3.8) is 0 Å². The van der Waals surface area contributed by atoms with Gasteiger partial charge in [0.2, 0.25) is 0 Å². The minimum Gasteiger partial charge on any atom is -0.478 e. The number of hydrogen-bond donors (Lipinski definition) is 2. The monoisotopic (exact) mass is 323 g/mol. The van der Waals surface area contributed by atoms with Gasteiger partial charge >= 0.3 is 5.97 Å². The molecule has 0 fully saturated rings. The topological polar surface area (TPSA) is 62.5 Å². The van der Waals surface area contributed by atoms with Crippen molar-refractivity contribution < 1.29 is 14.3 Å². The van der Waals surface area contributed by atoms with Crippen molar-refractivity contribution >= 4 is 21.9 Å². The molecule has 2 rings (SSSR count). The van der Waals surface area contributed by atoms with Gasteiger partial charge in [0.15, 0.2) is 0 Å². The molecule has 2 aromatic rings. The first-order valence-corrected chi connectivity index (χ1v) is 6.69. The van der Waals surface area contributed by atoms with Gasteiger partial charge in [0, 0.05) is 11.0 Å². The average Bonchev–Trinajstić information content (AvgIpc) is 2.89. The van der Waals surface area contributed by atoms with E-state index in [1.165, 1.54) is 0 Å². The van der Waals surface area contributed by atoms with Crippen LogP contribution >= 0.6 is 15.9 Å². The van der Waals surface area contributed by atoms with Crippen LogP contribution in [0.3, 0.4) is 0 Å². The maximum absolute atomic E-state index is 10.9. The Morgan fingerprint density at radius 1 is 1.37 bits per heavy atom. The zero-order valence-electron chi connectivity index (χ0n) is 10.2. The van der Waals surface area contributed by atoms with Gasteiger partial charge in [0.05, 0.1) is 18.1 Å². The Kier molecular flexibility index (Phi) is 4.76. The molecule has 4 nitrogen and oxygen atoms in total.